The second-order valence-electron chi connectivity index (χ2n) is 3.35. The van der Waals surface area contributed by atoms with Crippen LogP contribution in [0.4, 0.5) is 5.69 Å². The van der Waals surface area contributed by atoms with E-state index in [1.165, 1.54) is 23.0 Å². The Bertz CT molecular complexity index is 411. The fraction of sp³-hybridized carbons (Fsp3) is 0.400. The van der Waals surface area contributed by atoms with Crippen molar-refractivity contribution in [1.29, 1.82) is 0 Å². The normalized spacial score (nSPS) is 12.3. The number of nitrogens with two attached hydrogens (primary N) is 1. The lowest BCUT2D eigenvalue weighted by molar-refractivity contribution is -0.141. The van der Waals surface area contributed by atoms with Crippen LogP contribution >= 0.6 is 0 Å². The predicted octanol–water partition coefficient (Wildman–Crippen LogP) is 0.856. The minimum atomic E-state index is -0.917. The SMILES string of the molecule is CCCC(C(=O)O)n1ccc(=O)c(N)c1. The van der Waals surface area contributed by atoms with E-state index < -0.39 is 12.0 Å². The van der Waals surface area contributed by atoms with E-state index in [9.17, 15) is 9.59 Å². The second kappa shape index (κ2) is 4.63. The van der Waals surface area contributed by atoms with Gasteiger partial charge in [-0.05, 0) is 6.42 Å². The van der Waals surface area contributed by atoms with Gasteiger partial charge in [0.05, 0.1) is 5.69 Å². The number of nitrogen functional groups attached to an aromatic ring is 1. The first-order valence-corrected chi connectivity index (χ1v) is 4.76. The molecule has 5 heteroatoms. The van der Waals surface area contributed by atoms with Gasteiger partial charge in [-0.1, -0.05) is 13.3 Å². The molecule has 1 heterocycles. The Kier molecular flexibility index (Phi) is 3.49. The molecule has 0 saturated carbocycles. The van der Waals surface area contributed by atoms with E-state index in [0.29, 0.717) is 6.42 Å². The third-order valence-electron chi connectivity index (χ3n) is 2.18. The second-order valence-corrected chi connectivity index (χ2v) is 3.35. The molecule has 0 spiro atoms. The topological polar surface area (TPSA) is 85.3 Å². The Hall–Kier alpha value is -1.78. The molecule has 1 atom stereocenters. The summed E-state index contributed by atoms with van der Waals surface area (Å²) in [7, 11) is 0. The molecule has 15 heavy (non-hydrogen) atoms. The summed E-state index contributed by atoms with van der Waals surface area (Å²) in [5, 5.41) is 8.98. The first-order valence-electron chi connectivity index (χ1n) is 4.76. The van der Waals surface area contributed by atoms with Crippen molar-refractivity contribution in [3.63, 3.8) is 0 Å². The number of carbonyl (C=O) groups is 1. The van der Waals surface area contributed by atoms with E-state index in [2.05, 4.69) is 0 Å². The molecule has 0 aliphatic heterocycles. The number of aromatic nitrogens is 1. The molecule has 0 aromatic carbocycles. The van der Waals surface area contributed by atoms with Crippen LogP contribution in [0.15, 0.2) is 23.3 Å². The Morgan fingerprint density at radius 2 is 2.33 bits per heavy atom. The van der Waals surface area contributed by atoms with Gasteiger partial charge in [-0.15, -0.1) is 0 Å². The molecule has 0 radical (unpaired) electrons. The quantitative estimate of drug-likeness (QED) is 0.771. The Morgan fingerprint density at radius 1 is 1.67 bits per heavy atom. The average Bonchev–Trinajstić information content (AvgIpc) is 2.18. The molecule has 0 saturated heterocycles. The summed E-state index contributed by atoms with van der Waals surface area (Å²) in [5.74, 6) is -0.917. The molecule has 0 bridgehead atoms. The predicted molar refractivity (Wildman–Crippen MR) is 56.7 cm³/mol. The molecule has 0 amide bonds. The third kappa shape index (κ3) is 2.59. The molecule has 1 unspecified atom stereocenters. The lowest BCUT2D eigenvalue weighted by atomic mass is 10.1. The smallest absolute Gasteiger partial charge is 0.326 e. The van der Waals surface area contributed by atoms with Crippen LogP contribution in [-0.2, 0) is 4.79 Å². The highest BCUT2D eigenvalue weighted by molar-refractivity contribution is 5.71. The summed E-state index contributed by atoms with van der Waals surface area (Å²) in [6, 6.07) is 0.624. The lowest BCUT2D eigenvalue weighted by Gasteiger charge is -2.15. The minimum absolute atomic E-state index is 0.0693. The van der Waals surface area contributed by atoms with Crippen LogP contribution in [0, 0.1) is 0 Å². The van der Waals surface area contributed by atoms with Crippen LogP contribution in [0.25, 0.3) is 0 Å². The van der Waals surface area contributed by atoms with Gasteiger partial charge in [0, 0.05) is 18.5 Å². The number of nitrogens with zero attached hydrogens (tertiary/aromatic N) is 1. The van der Waals surface area contributed by atoms with Gasteiger partial charge in [0.1, 0.15) is 6.04 Å². The van der Waals surface area contributed by atoms with E-state index in [-0.39, 0.29) is 11.1 Å². The number of pyridine rings is 1. The largest absolute Gasteiger partial charge is 0.480 e. The maximum atomic E-state index is 11.0. The molecular formula is C10H14N2O3. The monoisotopic (exact) mass is 210 g/mol. The highest BCUT2D eigenvalue weighted by Gasteiger charge is 2.17. The van der Waals surface area contributed by atoms with Crippen molar-refractivity contribution in [3.8, 4) is 0 Å². The zero-order valence-electron chi connectivity index (χ0n) is 8.51. The zero-order chi connectivity index (χ0) is 11.4. The third-order valence-corrected chi connectivity index (χ3v) is 2.18. The summed E-state index contributed by atoms with van der Waals surface area (Å²) in [6.45, 7) is 1.90. The maximum absolute atomic E-state index is 11.0. The Balaban J connectivity index is 3.06. The van der Waals surface area contributed by atoms with Gasteiger partial charge in [0.25, 0.3) is 0 Å². The van der Waals surface area contributed by atoms with Crippen LogP contribution in [0.1, 0.15) is 25.8 Å². The first-order chi connectivity index (χ1) is 7.06. The molecule has 0 aliphatic rings. The molecule has 82 valence electrons. The number of hydrogen-bond acceptors (Lipinski definition) is 3. The van der Waals surface area contributed by atoms with Crippen molar-refractivity contribution in [2.75, 3.05) is 5.73 Å². The van der Waals surface area contributed by atoms with Crippen molar-refractivity contribution in [3.05, 3.63) is 28.7 Å². The highest BCUT2D eigenvalue weighted by atomic mass is 16.4. The van der Waals surface area contributed by atoms with Crippen LogP contribution in [0.3, 0.4) is 0 Å². The fourth-order valence-corrected chi connectivity index (χ4v) is 1.38. The van der Waals surface area contributed by atoms with Crippen LogP contribution < -0.4 is 11.2 Å². The summed E-state index contributed by atoms with van der Waals surface area (Å²) >= 11 is 0. The molecule has 0 fully saturated rings. The highest BCUT2D eigenvalue weighted by Crippen LogP contribution is 2.14. The summed E-state index contributed by atoms with van der Waals surface area (Å²) < 4.78 is 1.46. The summed E-state index contributed by atoms with van der Waals surface area (Å²) in [4.78, 5) is 22.0. The lowest BCUT2D eigenvalue weighted by Crippen LogP contribution is -2.21. The molecule has 1 aromatic heterocycles. The van der Waals surface area contributed by atoms with Crippen LogP contribution in [-0.4, -0.2) is 15.6 Å². The standard InChI is InChI=1S/C10H14N2O3/c1-2-3-8(10(14)15)12-5-4-9(13)7(11)6-12/h4-6,8H,2-3,11H2,1H3,(H,14,15). The van der Waals surface area contributed by atoms with E-state index in [0.717, 1.165) is 6.42 Å². The first kappa shape index (κ1) is 11.3. The van der Waals surface area contributed by atoms with E-state index >= 15 is 0 Å². The van der Waals surface area contributed by atoms with Crippen molar-refractivity contribution >= 4 is 11.7 Å². The number of hydrogen-bond donors (Lipinski definition) is 2. The van der Waals surface area contributed by atoms with Gasteiger partial charge >= 0.3 is 5.97 Å². The average molecular weight is 210 g/mol. The van der Waals surface area contributed by atoms with E-state index in [1.54, 1.807) is 0 Å². The summed E-state index contributed by atoms with van der Waals surface area (Å²) in [5.41, 5.74) is 5.21. The molecule has 1 rings (SSSR count). The van der Waals surface area contributed by atoms with Gasteiger partial charge < -0.3 is 15.4 Å². The summed E-state index contributed by atoms with van der Waals surface area (Å²) in [6.07, 6.45) is 4.09. The van der Waals surface area contributed by atoms with Crippen molar-refractivity contribution < 1.29 is 9.90 Å². The fourth-order valence-electron chi connectivity index (χ4n) is 1.38. The number of aliphatic carboxylic acids is 1. The van der Waals surface area contributed by atoms with Crippen LogP contribution in [0.2, 0.25) is 0 Å². The van der Waals surface area contributed by atoms with Crippen molar-refractivity contribution in [2.45, 2.75) is 25.8 Å². The van der Waals surface area contributed by atoms with Gasteiger partial charge in [-0.2, -0.15) is 0 Å². The van der Waals surface area contributed by atoms with Crippen LogP contribution in [0.5, 0.6) is 0 Å². The van der Waals surface area contributed by atoms with Crippen molar-refractivity contribution in [1.82, 2.24) is 4.57 Å². The number of anilines is 1. The Labute approximate surface area is 87.1 Å². The maximum Gasteiger partial charge on any atom is 0.326 e. The number of carboxylic acid groups (broad SMARTS) is 1. The van der Waals surface area contributed by atoms with E-state index in [1.807, 2.05) is 6.92 Å². The molecule has 1 aromatic rings. The number of carboxylic acids is 1. The Morgan fingerprint density at radius 3 is 2.80 bits per heavy atom. The number of rotatable bonds is 4. The van der Waals surface area contributed by atoms with E-state index in [4.69, 9.17) is 10.8 Å². The zero-order valence-corrected chi connectivity index (χ0v) is 8.51. The molecule has 3 N–H and O–H groups in total. The molecular weight excluding hydrogens is 196 g/mol. The van der Waals surface area contributed by atoms with Crippen molar-refractivity contribution in [2.24, 2.45) is 0 Å². The van der Waals surface area contributed by atoms with Gasteiger partial charge in [-0.3, -0.25) is 4.79 Å². The minimum Gasteiger partial charge on any atom is -0.480 e. The van der Waals surface area contributed by atoms with Gasteiger partial charge in [0.15, 0.2) is 0 Å². The van der Waals surface area contributed by atoms with Gasteiger partial charge in [0.2, 0.25) is 5.43 Å². The molecule has 0 aliphatic carbocycles. The molecule has 5 nitrogen and oxygen atoms in total. The van der Waals surface area contributed by atoms with Gasteiger partial charge in [-0.25, -0.2) is 4.79 Å².